The molecule has 3 atom stereocenters. The standard InChI is InChI=1S/C13H25NO2/c1-4-5-6-7-10(2)14-9-8-12(11(14)3)13(15)16/h10-12H,4-9H2,1-3H3,(H,15,16). The first kappa shape index (κ1) is 13.5. The second-order valence-corrected chi connectivity index (χ2v) is 5.06. The molecule has 0 aromatic carbocycles. The number of hydrogen-bond acceptors (Lipinski definition) is 2. The molecule has 16 heavy (non-hydrogen) atoms. The first-order valence-corrected chi connectivity index (χ1v) is 6.56. The SMILES string of the molecule is CCCCCC(C)N1CCC(C(=O)O)C1C. The topological polar surface area (TPSA) is 40.5 Å². The molecule has 3 nitrogen and oxygen atoms in total. The number of hydrogen-bond donors (Lipinski definition) is 1. The fraction of sp³-hybridized carbons (Fsp3) is 0.923. The van der Waals surface area contributed by atoms with E-state index in [0.717, 1.165) is 13.0 Å². The Bertz CT molecular complexity index is 230. The molecule has 1 fully saturated rings. The van der Waals surface area contributed by atoms with E-state index >= 15 is 0 Å². The Morgan fingerprint density at radius 2 is 2.19 bits per heavy atom. The van der Waals surface area contributed by atoms with Gasteiger partial charge in [-0.1, -0.05) is 26.2 Å². The van der Waals surface area contributed by atoms with Gasteiger partial charge >= 0.3 is 5.97 Å². The van der Waals surface area contributed by atoms with E-state index in [1.807, 2.05) is 0 Å². The quantitative estimate of drug-likeness (QED) is 0.709. The zero-order chi connectivity index (χ0) is 12.1. The monoisotopic (exact) mass is 227 g/mol. The molecule has 3 heteroatoms. The third-order valence-electron chi connectivity index (χ3n) is 3.91. The van der Waals surface area contributed by atoms with Crippen LogP contribution in [0.2, 0.25) is 0 Å². The molecule has 0 amide bonds. The first-order chi connectivity index (χ1) is 7.57. The zero-order valence-corrected chi connectivity index (χ0v) is 10.8. The highest BCUT2D eigenvalue weighted by atomic mass is 16.4. The predicted octanol–water partition coefficient (Wildman–Crippen LogP) is 2.75. The van der Waals surface area contributed by atoms with Gasteiger partial charge in [0.25, 0.3) is 0 Å². The predicted molar refractivity (Wildman–Crippen MR) is 65.5 cm³/mol. The number of carboxylic acids is 1. The van der Waals surface area contributed by atoms with E-state index in [4.69, 9.17) is 5.11 Å². The molecule has 0 aromatic heterocycles. The van der Waals surface area contributed by atoms with E-state index in [1.54, 1.807) is 0 Å². The van der Waals surface area contributed by atoms with E-state index in [1.165, 1.54) is 25.7 Å². The van der Waals surface area contributed by atoms with Crippen LogP contribution in [0.3, 0.4) is 0 Å². The van der Waals surface area contributed by atoms with E-state index in [0.29, 0.717) is 6.04 Å². The molecule has 1 rings (SSSR count). The first-order valence-electron chi connectivity index (χ1n) is 6.56. The van der Waals surface area contributed by atoms with Crippen LogP contribution in [0, 0.1) is 5.92 Å². The summed E-state index contributed by atoms with van der Waals surface area (Å²) in [6.07, 6.45) is 5.81. The number of rotatable bonds is 6. The number of unbranched alkanes of at least 4 members (excludes halogenated alkanes) is 2. The van der Waals surface area contributed by atoms with Crippen molar-refractivity contribution < 1.29 is 9.90 Å². The van der Waals surface area contributed by atoms with Crippen molar-refractivity contribution >= 4 is 5.97 Å². The second kappa shape index (κ2) is 6.24. The van der Waals surface area contributed by atoms with Crippen molar-refractivity contribution in [2.75, 3.05) is 6.54 Å². The molecule has 1 saturated heterocycles. The fourth-order valence-corrected chi connectivity index (χ4v) is 2.77. The summed E-state index contributed by atoms with van der Waals surface area (Å²) in [7, 11) is 0. The van der Waals surface area contributed by atoms with Gasteiger partial charge in [0.15, 0.2) is 0 Å². The van der Waals surface area contributed by atoms with E-state index in [-0.39, 0.29) is 12.0 Å². The summed E-state index contributed by atoms with van der Waals surface area (Å²) >= 11 is 0. The average molecular weight is 227 g/mol. The van der Waals surface area contributed by atoms with Crippen LogP contribution < -0.4 is 0 Å². The number of nitrogens with zero attached hydrogens (tertiary/aromatic N) is 1. The highest BCUT2D eigenvalue weighted by Crippen LogP contribution is 2.27. The number of likely N-dealkylation sites (tertiary alicyclic amines) is 1. The Balaban J connectivity index is 2.40. The molecule has 1 aliphatic rings. The van der Waals surface area contributed by atoms with Crippen LogP contribution in [0.25, 0.3) is 0 Å². The zero-order valence-electron chi connectivity index (χ0n) is 10.8. The molecule has 1 heterocycles. The maximum absolute atomic E-state index is 11.0. The van der Waals surface area contributed by atoms with Crippen molar-refractivity contribution in [1.29, 1.82) is 0 Å². The minimum atomic E-state index is -0.629. The third-order valence-corrected chi connectivity index (χ3v) is 3.91. The van der Waals surface area contributed by atoms with Crippen molar-refractivity contribution in [1.82, 2.24) is 4.90 Å². The molecule has 0 saturated carbocycles. The van der Waals surface area contributed by atoms with Crippen molar-refractivity contribution in [2.45, 2.75) is 65.0 Å². The summed E-state index contributed by atoms with van der Waals surface area (Å²) in [6, 6.07) is 0.736. The van der Waals surface area contributed by atoms with E-state index < -0.39 is 5.97 Å². The van der Waals surface area contributed by atoms with Gasteiger partial charge in [-0.15, -0.1) is 0 Å². The molecule has 0 radical (unpaired) electrons. The summed E-state index contributed by atoms with van der Waals surface area (Å²) in [4.78, 5) is 13.4. The maximum Gasteiger partial charge on any atom is 0.308 e. The number of carbonyl (C=O) groups is 1. The fourth-order valence-electron chi connectivity index (χ4n) is 2.77. The summed E-state index contributed by atoms with van der Waals surface area (Å²) in [5, 5.41) is 9.07. The molecule has 1 N–H and O–H groups in total. The molecule has 1 aliphatic heterocycles. The molecule has 94 valence electrons. The maximum atomic E-state index is 11.0. The molecule has 3 unspecified atom stereocenters. The van der Waals surface area contributed by atoms with Crippen LogP contribution in [-0.4, -0.2) is 34.6 Å². The highest BCUT2D eigenvalue weighted by Gasteiger charge is 2.37. The third kappa shape index (κ3) is 3.21. The summed E-state index contributed by atoms with van der Waals surface area (Å²) in [5.74, 6) is -0.788. The number of carboxylic acid groups (broad SMARTS) is 1. The Morgan fingerprint density at radius 1 is 1.50 bits per heavy atom. The van der Waals surface area contributed by atoms with Gasteiger partial charge in [0, 0.05) is 12.1 Å². The largest absolute Gasteiger partial charge is 0.481 e. The van der Waals surface area contributed by atoms with E-state index in [2.05, 4.69) is 25.7 Å². The Labute approximate surface area is 98.8 Å². The molecule has 0 aliphatic carbocycles. The smallest absolute Gasteiger partial charge is 0.308 e. The van der Waals surface area contributed by atoms with Crippen LogP contribution in [0.15, 0.2) is 0 Å². The lowest BCUT2D eigenvalue weighted by Gasteiger charge is -2.29. The minimum Gasteiger partial charge on any atom is -0.481 e. The molecule has 0 aromatic rings. The van der Waals surface area contributed by atoms with Crippen LogP contribution in [0.1, 0.15) is 52.9 Å². The summed E-state index contributed by atoms with van der Waals surface area (Å²) in [6.45, 7) is 7.45. The van der Waals surface area contributed by atoms with Gasteiger partial charge in [0.1, 0.15) is 0 Å². The van der Waals surface area contributed by atoms with Crippen molar-refractivity contribution in [3.63, 3.8) is 0 Å². The molecular formula is C13H25NO2. The van der Waals surface area contributed by atoms with Crippen LogP contribution in [0.5, 0.6) is 0 Å². The van der Waals surface area contributed by atoms with Gasteiger partial charge in [-0.25, -0.2) is 0 Å². The van der Waals surface area contributed by atoms with Crippen molar-refractivity contribution in [3.8, 4) is 0 Å². The molecular weight excluding hydrogens is 202 g/mol. The lowest BCUT2D eigenvalue weighted by atomic mass is 10.0. The average Bonchev–Trinajstić information content (AvgIpc) is 2.60. The molecule has 0 bridgehead atoms. The summed E-state index contributed by atoms with van der Waals surface area (Å²) < 4.78 is 0. The van der Waals surface area contributed by atoms with E-state index in [9.17, 15) is 4.79 Å². The van der Waals surface area contributed by atoms with Gasteiger partial charge in [-0.3, -0.25) is 9.69 Å². The van der Waals surface area contributed by atoms with Gasteiger partial charge < -0.3 is 5.11 Å². The Kier molecular flexibility index (Phi) is 5.26. The van der Waals surface area contributed by atoms with Crippen LogP contribution in [0.4, 0.5) is 0 Å². The lowest BCUT2D eigenvalue weighted by molar-refractivity contribution is -0.142. The normalized spacial score (nSPS) is 28.2. The van der Waals surface area contributed by atoms with Gasteiger partial charge in [-0.2, -0.15) is 0 Å². The minimum absolute atomic E-state index is 0.159. The molecule has 0 spiro atoms. The second-order valence-electron chi connectivity index (χ2n) is 5.06. The van der Waals surface area contributed by atoms with Crippen molar-refractivity contribution in [3.05, 3.63) is 0 Å². The highest BCUT2D eigenvalue weighted by molar-refractivity contribution is 5.71. The lowest BCUT2D eigenvalue weighted by Crippen LogP contribution is -2.39. The Hall–Kier alpha value is -0.570. The summed E-state index contributed by atoms with van der Waals surface area (Å²) in [5.41, 5.74) is 0. The van der Waals surface area contributed by atoms with Gasteiger partial charge in [0.2, 0.25) is 0 Å². The van der Waals surface area contributed by atoms with Crippen LogP contribution >= 0.6 is 0 Å². The Morgan fingerprint density at radius 3 is 2.69 bits per heavy atom. The van der Waals surface area contributed by atoms with Gasteiger partial charge in [0.05, 0.1) is 5.92 Å². The van der Waals surface area contributed by atoms with Crippen molar-refractivity contribution in [2.24, 2.45) is 5.92 Å². The van der Waals surface area contributed by atoms with Gasteiger partial charge in [-0.05, 0) is 33.2 Å². The number of aliphatic carboxylic acids is 1. The van der Waals surface area contributed by atoms with Crippen LogP contribution in [-0.2, 0) is 4.79 Å².